The lowest BCUT2D eigenvalue weighted by molar-refractivity contribution is 0.101. The summed E-state index contributed by atoms with van der Waals surface area (Å²) in [4.78, 5) is 16.8. The number of phenols is 1. The number of phenolic OH excluding ortho intramolecular Hbond substituents is 1. The van der Waals surface area contributed by atoms with E-state index in [4.69, 9.17) is 4.98 Å². The summed E-state index contributed by atoms with van der Waals surface area (Å²) in [6.45, 7) is 1.47. The molecule has 0 saturated heterocycles. The number of aromatic hydroxyl groups is 1. The first-order valence-electron chi connectivity index (χ1n) is 9.35. The summed E-state index contributed by atoms with van der Waals surface area (Å²) in [6, 6.07) is 26.0. The summed E-state index contributed by atoms with van der Waals surface area (Å²) in [7, 11) is 0. The molecule has 0 aliphatic rings. The van der Waals surface area contributed by atoms with E-state index in [0.717, 1.165) is 27.8 Å². The summed E-state index contributed by atoms with van der Waals surface area (Å²) in [5, 5.41) is 11.6. The number of carbonyl (C=O) groups is 1. The van der Waals surface area contributed by atoms with E-state index in [1.165, 1.54) is 6.92 Å². The van der Waals surface area contributed by atoms with Gasteiger partial charge in [-0.15, -0.1) is 0 Å². The highest BCUT2D eigenvalue weighted by atomic mass is 16.3. The molecule has 0 bridgehead atoms. The van der Waals surface area contributed by atoms with Gasteiger partial charge in [0.25, 0.3) is 0 Å². The molecule has 0 aliphatic carbocycles. The maximum absolute atomic E-state index is 12.1. The Kier molecular flexibility index (Phi) is 4.90. The Morgan fingerprint density at radius 3 is 2.07 bits per heavy atom. The van der Waals surface area contributed by atoms with Gasteiger partial charge in [0, 0.05) is 17.5 Å². The lowest BCUT2D eigenvalue weighted by Crippen LogP contribution is -2.01. The van der Waals surface area contributed by atoms with Crippen molar-refractivity contribution in [2.75, 3.05) is 0 Å². The molecule has 1 N–H and O–H groups in total. The number of Topliss-reactive ketones (excluding diaryl/α,β-unsaturated/α-hetero) is 1. The molecule has 3 aromatic carbocycles. The highest BCUT2D eigenvalue weighted by molar-refractivity contribution is 6.03. The zero-order chi connectivity index (χ0) is 19.5. The van der Waals surface area contributed by atoms with E-state index < -0.39 is 0 Å². The number of hydrogen-bond acceptors (Lipinski definition) is 3. The lowest BCUT2D eigenvalue weighted by Gasteiger charge is -2.13. The van der Waals surface area contributed by atoms with Crippen molar-refractivity contribution in [3.8, 4) is 5.75 Å². The van der Waals surface area contributed by atoms with Gasteiger partial charge in [-0.3, -0.25) is 4.79 Å². The molecule has 1 heterocycles. The van der Waals surface area contributed by atoms with Crippen LogP contribution >= 0.6 is 0 Å². The van der Waals surface area contributed by atoms with Crippen molar-refractivity contribution in [3.05, 3.63) is 107 Å². The zero-order valence-corrected chi connectivity index (χ0v) is 15.7. The highest BCUT2D eigenvalue weighted by Crippen LogP contribution is 2.32. The average Bonchev–Trinajstić information content (AvgIpc) is 2.71. The minimum absolute atomic E-state index is 0.0331. The minimum atomic E-state index is -0.163. The monoisotopic (exact) mass is 367 g/mol. The highest BCUT2D eigenvalue weighted by Gasteiger charge is 2.16. The largest absolute Gasteiger partial charge is 0.505 e. The predicted octanol–water partition coefficient (Wildman–Crippen LogP) is 5.32. The Morgan fingerprint density at radius 2 is 1.46 bits per heavy atom. The van der Waals surface area contributed by atoms with Crippen molar-refractivity contribution in [3.63, 3.8) is 0 Å². The topological polar surface area (TPSA) is 50.2 Å². The molecule has 3 nitrogen and oxygen atoms in total. The number of carbonyl (C=O) groups excluding carboxylic acids is 1. The summed E-state index contributed by atoms with van der Waals surface area (Å²) in [5.41, 5.74) is 4.97. The van der Waals surface area contributed by atoms with Crippen LogP contribution in [0.15, 0.2) is 78.9 Å². The van der Waals surface area contributed by atoms with E-state index in [-0.39, 0.29) is 11.5 Å². The molecule has 0 saturated carbocycles. The summed E-state index contributed by atoms with van der Waals surface area (Å²) in [5.74, 6) is -0.196. The third kappa shape index (κ3) is 3.65. The molecule has 3 heteroatoms. The normalized spacial score (nSPS) is 10.9. The van der Waals surface area contributed by atoms with Gasteiger partial charge >= 0.3 is 0 Å². The van der Waals surface area contributed by atoms with Crippen molar-refractivity contribution < 1.29 is 9.90 Å². The molecule has 1 aromatic heterocycles. The standard InChI is InChI=1S/C25H21NO2/c1-17(27)23-16-20(14-18-8-4-2-5-9-18)22-13-12-21(26-24(22)25(23)28)15-19-10-6-3-7-11-19/h2-13,16,28H,14-15H2,1H3. The summed E-state index contributed by atoms with van der Waals surface area (Å²) in [6.07, 6.45) is 1.35. The fourth-order valence-electron chi connectivity index (χ4n) is 3.52. The molecule has 4 rings (SSSR count). The average molecular weight is 367 g/mol. The van der Waals surface area contributed by atoms with E-state index in [1.54, 1.807) is 6.07 Å². The van der Waals surface area contributed by atoms with Crippen LogP contribution in [0, 0.1) is 0 Å². The molecular formula is C25H21NO2. The first-order valence-corrected chi connectivity index (χ1v) is 9.35. The van der Waals surface area contributed by atoms with Gasteiger partial charge in [-0.2, -0.15) is 0 Å². The molecule has 0 radical (unpaired) electrons. The second kappa shape index (κ2) is 7.65. The van der Waals surface area contributed by atoms with Crippen molar-refractivity contribution in [2.45, 2.75) is 19.8 Å². The van der Waals surface area contributed by atoms with E-state index >= 15 is 0 Å². The van der Waals surface area contributed by atoms with E-state index in [2.05, 4.69) is 24.3 Å². The fraction of sp³-hybridized carbons (Fsp3) is 0.120. The number of nitrogens with zero attached hydrogens (tertiary/aromatic N) is 1. The maximum atomic E-state index is 12.1. The maximum Gasteiger partial charge on any atom is 0.163 e. The number of hydrogen-bond donors (Lipinski definition) is 1. The molecule has 138 valence electrons. The van der Waals surface area contributed by atoms with Gasteiger partial charge in [-0.1, -0.05) is 66.7 Å². The Hall–Kier alpha value is -3.46. The summed E-state index contributed by atoms with van der Waals surface area (Å²) >= 11 is 0. The number of pyridine rings is 1. The second-order valence-corrected chi connectivity index (χ2v) is 7.01. The Morgan fingerprint density at radius 1 is 0.857 bits per heavy atom. The van der Waals surface area contributed by atoms with Gasteiger partial charge in [0.15, 0.2) is 11.5 Å². The first kappa shape index (κ1) is 17.9. The van der Waals surface area contributed by atoms with Crippen LogP contribution in [-0.2, 0) is 12.8 Å². The number of fused-ring (bicyclic) bond motifs is 1. The molecular weight excluding hydrogens is 346 g/mol. The van der Waals surface area contributed by atoms with Gasteiger partial charge in [0.1, 0.15) is 5.52 Å². The quantitative estimate of drug-likeness (QED) is 0.485. The van der Waals surface area contributed by atoms with Crippen molar-refractivity contribution in [2.24, 2.45) is 0 Å². The van der Waals surface area contributed by atoms with E-state index in [1.807, 2.05) is 48.5 Å². The van der Waals surface area contributed by atoms with Crippen LogP contribution in [0.4, 0.5) is 0 Å². The fourth-order valence-corrected chi connectivity index (χ4v) is 3.52. The van der Waals surface area contributed by atoms with Crippen molar-refractivity contribution in [1.82, 2.24) is 4.98 Å². The molecule has 4 aromatic rings. The van der Waals surface area contributed by atoms with Crippen LogP contribution in [0.2, 0.25) is 0 Å². The lowest BCUT2D eigenvalue weighted by atomic mass is 9.95. The molecule has 28 heavy (non-hydrogen) atoms. The van der Waals surface area contributed by atoms with Crippen LogP contribution < -0.4 is 0 Å². The van der Waals surface area contributed by atoms with Crippen LogP contribution in [0.25, 0.3) is 10.9 Å². The van der Waals surface area contributed by atoms with Gasteiger partial charge in [-0.05, 0) is 42.2 Å². The first-order chi connectivity index (χ1) is 13.6. The number of ketones is 1. The van der Waals surface area contributed by atoms with Crippen LogP contribution in [0.3, 0.4) is 0 Å². The number of rotatable bonds is 5. The van der Waals surface area contributed by atoms with Gasteiger partial charge < -0.3 is 5.11 Å². The third-order valence-electron chi connectivity index (χ3n) is 4.94. The van der Waals surface area contributed by atoms with E-state index in [9.17, 15) is 9.90 Å². The Bertz CT molecular complexity index is 1140. The molecule has 0 unspecified atom stereocenters. The van der Waals surface area contributed by atoms with Crippen LogP contribution in [-0.4, -0.2) is 15.9 Å². The number of aromatic nitrogens is 1. The number of benzene rings is 3. The third-order valence-corrected chi connectivity index (χ3v) is 4.94. The Labute approximate surface area is 164 Å². The zero-order valence-electron chi connectivity index (χ0n) is 15.7. The van der Waals surface area contributed by atoms with Crippen molar-refractivity contribution >= 4 is 16.7 Å². The smallest absolute Gasteiger partial charge is 0.163 e. The van der Waals surface area contributed by atoms with Gasteiger partial charge in [-0.25, -0.2) is 4.98 Å². The second-order valence-electron chi connectivity index (χ2n) is 7.01. The minimum Gasteiger partial charge on any atom is -0.505 e. The SMILES string of the molecule is CC(=O)c1cc(Cc2ccccc2)c2ccc(Cc3ccccc3)nc2c1O. The predicted molar refractivity (Wildman–Crippen MR) is 112 cm³/mol. The Balaban J connectivity index is 1.83. The molecule has 0 aliphatic heterocycles. The van der Waals surface area contributed by atoms with E-state index in [0.29, 0.717) is 23.9 Å². The van der Waals surface area contributed by atoms with Crippen LogP contribution in [0.5, 0.6) is 5.75 Å². The van der Waals surface area contributed by atoms with Crippen LogP contribution in [0.1, 0.15) is 39.7 Å². The summed E-state index contributed by atoms with van der Waals surface area (Å²) < 4.78 is 0. The molecule has 0 spiro atoms. The molecule has 0 fully saturated rings. The van der Waals surface area contributed by atoms with Gasteiger partial charge in [0.2, 0.25) is 0 Å². The van der Waals surface area contributed by atoms with Crippen molar-refractivity contribution in [1.29, 1.82) is 0 Å². The molecule has 0 atom stereocenters. The molecule has 0 amide bonds. The van der Waals surface area contributed by atoms with Gasteiger partial charge in [0.05, 0.1) is 5.56 Å².